The molecule has 11 heteroatoms. The lowest BCUT2D eigenvalue weighted by atomic mass is 9.90. The van der Waals surface area contributed by atoms with Crippen molar-refractivity contribution in [2.75, 3.05) is 43.1 Å². The van der Waals surface area contributed by atoms with E-state index in [4.69, 9.17) is 4.74 Å². The minimum atomic E-state index is -1.13. The molecule has 1 aliphatic rings. The Labute approximate surface area is 242 Å². The Hall–Kier alpha value is -3.14. The van der Waals surface area contributed by atoms with Gasteiger partial charge in [-0.3, -0.25) is 19.5 Å². The van der Waals surface area contributed by atoms with Gasteiger partial charge in [-0.15, -0.1) is 24.8 Å². The molecule has 0 fully saturated rings. The van der Waals surface area contributed by atoms with Crippen LogP contribution in [-0.4, -0.2) is 65.0 Å². The van der Waals surface area contributed by atoms with Crippen LogP contribution in [0.3, 0.4) is 0 Å². The van der Waals surface area contributed by atoms with Crippen LogP contribution < -0.4 is 14.5 Å². The molecule has 0 spiro atoms. The fourth-order valence-electron chi connectivity index (χ4n) is 4.66. The van der Waals surface area contributed by atoms with Crippen molar-refractivity contribution in [1.82, 2.24) is 19.9 Å². The molecular formula is C28H38Cl2N6O3. The van der Waals surface area contributed by atoms with Crippen molar-refractivity contribution in [1.29, 1.82) is 0 Å². The number of nitrogens with one attached hydrogen (secondary N) is 1. The first-order valence-electron chi connectivity index (χ1n) is 12.8. The summed E-state index contributed by atoms with van der Waals surface area (Å²) in [5.74, 6) is 0.259. The number of hydrogen-bond acceptors (Lipinski definition) is 6. The maximum Gasteiger partial charge on any atom is 0.242 e. The number of aromatic nitrogens is 3. The van der Waals surface area contributed by atoms with Gasteiger partial charge in [-0.05, 0) is 57.4 Å². The zero-order valence-electron chi connectivity index (χ0n) is 22.9. The van der Waals surface area contributed by atoms with E-state index in [1.54, 1.807) is 43.2 Å². The van der Waals surface area contributed by atoms with Crippen LogP contribution in [-0.2, 0) is 22.6 Å². The third-order valence-corrected chi connectivity index (χ3v) is 6.81. The maximum atomic E-state index is 13.1. The summed E-state index contributed by atoms with van der Waals surface area (Å²) in [5.41, 5.74) is 2.56. The second-order valence-corrected chi connectivity index (χ2v) is 9.86. The molecule has 2 amide bonds. The second kappa shape index (κ2) is 14.3. The molecule has 0 saturated heterocycles. The van der Waals surface area contributed by atoms with Gasteiger partial charge in [0, 0.05) is 63.6 Å². The SMILES string of the molecule is CCN1C(=O)C(C)(C)C(=O)N(C)c2cc(OCCCN(CCc3cccnc3)Cc3cnc[nH]3)ccc21.Cl.Cl. The van der Waals surface area contributed by atoms with Crippen molar-refractivity contribution in [3.8, 4) is 5.75 Å². The molecule has 0 saturated carbocycles. The van der Waals surface area contributed by atoms with E-state index in [1.807, 2.05) is 43.6 Å². The number of fused-ring (bicyclic) bond motifs is 1. The minimum Gasteiger partial charge on any atom is -0.493 e. The van der Waals surface area contributed by atoms with Gasteiger partial charge >= 0.3 is 0 Å². The van der Waals surface area contributed by atoms with E-state index in [2.05, 4.69) is 25.9 Å². The number of hydrogen-bond donors (Lipinski definition) is 1. The van der Waals surface area contributed by atoms with Crippen LogP contribution in [0.15, 0.2) is 55.2 Å². The van der Waals surface area contributed by atoms with E-state index in [9.17, 15) is 9.59 Å². The van der Waals surface area contributed by atoms with Crippen molar-refractivity contribution < 1.29 is 14.3 Å². The molecule has 2 aromatic heterocycles. The standard InChI is InChI=1S/C28H36N6O3.2ClH/c1-5-34-24-10-9-23(16-25(24)32(4)26(35)28(2,3)27(34)36)37-15-7-13-33(19-22-18-30-20-31-22)14-11-21-8-6-12-29-17-21;;/h6,8-10,12,16-18,20H,5,7,11,13-15,19H2,1-4H3,(H,30,31);2*1H. The Balaban J connectivity index is 0.00000267. The van der Waals surface area contributed by atoms with E-state index in [1.165, 1.54) is 5.56 Å². The fourth-order valence-corrected chi connectivity index (χ4v) is 4.66. The fraction of sp³-hybridized carbons (Fsp3) is 0.429. The molecule has 0 unspecified atom stereocenters. The van der Waals surface area contributed by atoms with Crippen LogP contribution in [0.4, 0.5) is 11.4 Å². The molecule has 0 bridgehead atoms. The summed E-state index contributed by atoms with van der Waals surface area (Å²) in [6, 6.07) is 9.66. The molecule has 39 heavy (non-hydrogen) atoms. The van der Waals surface area contributed by atoms with Crippen molar-refractivity contribution >= 4 is 48.0 Å². The topological polar surface area (TPSA) is 94.7 Å². The quantitative estimate of drug-likeness (QED) is 0.266. The van der Waals surface area contributed by atoms with Gasteiger partial charge in [0.15, 0.2) is 0 Å². The molecule has 3 aromatic rings. The van der Waals surface area contributed by atoms with Crippen LogP contribution >= 0.6 is 24.8 Å². The molecule has 9 nitrogen and oxygen atoms in total. The van der Waals surface area contributed by atoms with E-state index in [0.29, 0.717) is 24.6 Å². The lowest BCUT2D eigenvalue weighted by Gasteiger charge is -2.27. The number of carbonyl (C=O) groups excluding carboxylic acids is 2. The minimum absolute atomic E-state index is 0. The number of carbonyl (C=O) groups is 2. The number of benzene rings is 1. The third kappa shape index (κ3) is 7.50. The molecule has 1 aromatic carbocycles. The monoisotopic (exact) mass is 576 g/mol. The molecule has 0 atom stereocenters. The molecule has 0 aliphatic carbocycles. The van der Waals surface area contributed by atoms with Crippen molar-refractivity contribution in [2.24, 2.45) is 5.41 Å². The summed E-state index contributed by atoms with van der Waals surface area (Å²) in [4.78, 5) is 43.3. The largest absolute Gasteiger partial charge is 0.493 e. The van der Waals surface area contributed by atoms with Crippen LogP contribution in [0, 0.1) is 5.41 Å². The van der Waals surface area contributed by atoms with E-state index in [-0.39, 0.29) is 36.6 Å². The van der Waals surface area contributed by atoms with Crippen LogP contribution in [0.2, 0.25) is 0 Å². The Morgan fingerprint density at radius 2 is 1.82 bits per heavy atom. The van der Waals surface area contributed by atoms with Crippen molar-refractivity contribution in [3.05, 3.63) is 66.5 Å². The number of nitrogens with zero attached hydrogens (tertiary/aromatic N) is 5. The first kappa shape index (κ1) is 32.1. The van der Waals surface area contributed by atoms with Gasteiger partial charge in [0.2, 0.25) is 11.8 Å². The Morgan fingerprint density at radius 1 is 1.03 bits per heavy atom. The Kier molecular flexibility index (Phi) is 11.8. The Bertz CT molecular complexity index is 1210. The van der Waals surface area contributed by atoms with Crippen molar-refractivity contribution in [2.45, 2.75) is 40.2 Å². The predicted octanol–water partition coefficient (Wildman–Crippen LogP) is 4.52. The van der Waals surface area contributed by atoms with Crippen LogP contribution in [0.5, 0.6) is 5.75 Å². The highest BCUT2D eigenvalue weighted by molar-refractivity contribution is 6.20. The number of ether oxygens (including phenoxy) is 1. The smallest absolute Gasteiger partial charge is 0.242 e. The summed E-state index contributed by atoms with van der Waals surface area (Å²) >= 11 is 0. The van der Waals surface area contributed by atoms with Gasteiger partial charge in [0.25, 0.3) is 0 Å². The number of imidazole rings is 1. The summed E-state index contributed by atoms with van der Waals surface area (Å²) in [7, 11) is 1.72. The highest BCUT2D eigenvalue weighted by Gasteiger charge is 2.45. The average molecular weight is 578 g/mol. The van der Waals surface area contributed by atoms with E-state index < -0.39 is 5.41 Å². The normalized spacial score (nSPS) is 14.4. The lowest BCUT2D eigenvalue weighted by molar-refractivity contribution is -0.137. The highest BCUT2D eigenvalue weighted by atomic mass is 35.5. The van der Waals surface area contributed by atoms with Gasteiger partial charge in [-0.25, -0.2) is 4.98 Å². The van der Waals surface area contributed by atoms with Gasteiger partial charge in [-0.2, -0.15) is 0 Å². The predicted molar refractivity (Wildman–Crippen MR) is 158 cm³/mol. The highest BCUT2D eigenvalue weighted by Crippen LogP contribution is 2.40. The van der Waals surface area contributed by atoms with Crippen LogP contribution in [0.25, 0.3) is 0 Å². The van der Waals surface area contributed by atoms with E-state index in [0.717, 1.165) is 43.9 Å². The summed E-state index contributed by atoms with van der Waals surface area (Å²) in [5, 5.41) is 0. The molecule has 212 valence electrons. The first-order chi connectivity index (χ1) is 17.8. The number of H-pyrrole nitrogens is 1. The number of halogens is 2. The molecular weight excluding hydrogens is 539 g/mol. The maximum absolute atomic E-state index is 13.1. The number of rotatable bonds is 11. The summed E-state index contributed by atoms with van der Waals surface area (Å²) in [6.07, 6.45) is 9.00. The zero-order chi connectivity index (χ0) is 26.4. The first-order valence-corrected chi connectivity index (χ1v) is 12.8. The van der Waals surface area contributed by atoms with Crippen LogP contribution in [0.1, 0.15) is 38.4 Å². The summed E-state index contributed by atoms with van der Waals surface area (Å²) < 4.78 is 6.09. The second-order valence-electron chi connectivity index (χ2n) is 9.86. The lowest BCUT2D eigenvalue weighted by Crippen LogP contribution is -2.47. The average Bonchev–Trinajstić information content (AvgIpc) is 3.41. The zero-order valence-corrected chi connectivity index (χ0v) is 24.6. The third-order valence-electron chi connectivity index (χ3n) is 6.81. The molecule has 1 N–H and O–H groups in total. The number of pyridine rings is 1. The van der Waals surface area contributed by atoms with Gasteiger partial charge in [-0.1, -0.05) is 6.07 Å². The van der Waals surface area contributed by atoms with Gasteiger partial charge in [0.05, 0.1) is 24.3 Å². The Morgan fingerprint density at radius 3 is 2.49 bits per heavy atom. The molecule has 0 radical (unpaired) electrons. The van der Waals surface area contributed by atoms with Crippen molar-refractivity contribution in [3.63, 3.8) is 0 Å². The molecule has 3 heterocycles. The molecule has 4 rings (SSSR count). The van der Waals surface area contributed by atoms with Gasteiger partial charge < -0.3 is 19.5 Å². The number of anilines is 2. The van der Waals surface area contributed by atoms with E-state index >= 15 is 0 Å². The van der Waals surface area contributed by atoms with Gasteiger partial charge in [0.1, 0.15) is 11.2 Å². The molecule has 1 aliphatic heterocycles. The summed E-state index contributed by atoms with van der Waals surface area (Å²) in [6.45, 7) is 8.84. The number of amides is 2. The number of aromatic amines is 1.